The molecule has 10 nitrogen and oxygen atoms in total. The van der Waals surface area contributed by atoms with Crippen LogP contribution >= 0.6 is 0 Å². The van der Waals surface area contributed by atoms with Gasteiger partial charge in [0, 0.05) is 12.4 Å². The molecule has 4 rings (SSSR count). The fourth-order valence-electron chi connectivity index (χ4n) is 4.74. The third-order valence-electron chi connectivity index (χ3n) is 6.95. The number of hydrogen-bond donors (Lipinski definition) is 2. The fourth-order valence-corrected chi connectivity index (χ4v) is 4.74. The molecule has 1 aliphatic heterocycles. The lowest BCUT2D eigenvalue weighted by Crippen LogP contribution is -2.66. The van der Waals surface area contributed by atoms with Crippen molar-refractivity contribution < 1.29 is 23.9 Å². The summed E-state index contributed by atoms with van der Waals surface area (Å²) in [6, 6.07) is 18.8. The number of carbonyl (C=O) groups excluding carboxylic acids is 3. The molecule has 2 aromatic carbocycles. The smallest absolute Gasteiger partial charge is 0.416 e. The molecule has 1 unspecified atom stereocenters. The van der Waals surface area contributed by atoms with E-state index in [4.69, 9.17) is 14.9 Å². The first kappa shape index (κ1) is 30.2. The summed E-state index contributed by atoms with van der Waals surface area (Å²) in [6.45, 7) is 7.43. The second-order valence-electron chi connectivity index (χ2n) is 11.2. The summed E-state index contributed by atoms with van der Waals surface area (Å²) in [5, 5.41) is 10.8. The molecule has 3 atom stereocenters. The largest absolute Gasteiger partial charge is 0.497 e. The summed E-state index contributed by atoms with van der Waals surface area (Å²) < 4.78 is 10.9. The first-order chi connectivity index (χ1) is 20.0. The molecule has 2 N–H and O–H groups in total. The number of likely N-dealkylation sites (tertiary alicyclic amines) is 1. The van der Waals surface area contributed by atoms with Gasteiger partial charge >= 0.3 is 12.1 Å². The summed E-state index contributed by atoms with van der Waals surface area (Å²) in [5.41, 5.74) is 1.78. The van der Waals surface area contributed by atoms with Crippen molar-refractivity contribution in [2.24, 2.45) is 5.92 Å². The molecular weight excluding hydrogens is 534 g/mol. The number of aromatic nitrogens is 1. The minimum absolute atomic E-state index is 0.203. The number of benzene rings is 2. The van der Waals surface area contributed by atoms with E-state index in [1.165, 1.54) is 4.90 Å². The second-order valence-corrected chi connectivity index (χ2v) is 11.2. The number of rotatable bonds is 9. The van der Waals surface area contributed by atoms with Crippen molar-refractivity contribution in [3.05, 3.63) is 89.6 Å². The molecule has 1 aliphatic rings. The van der Waals surface area contributed by atoms with Crippen LogP contribution in [0.3, 0.4) is 0 Å². The Kier molecular flexibility index (Phi) is 9.25. The van der Waals surface area contributed by atoms with Crippen LogP contribution in [0.2, 0.25) is 0 Å². The number of methoxy groups -OCH3 is 1. The number of amides is 4. The van der Waals surface area contributed by atoms with Crippen molar-refractivity contribution >= 4 is 30.1 Å². The predicted molar refractivity (Wildman–Crippen MR) is 160 cm³/mol. The maximum atomic E-state index is 13.3. The molecule has 0 aliphatic carbocycles. The molecule has 1 saturated heterocycles. The number of nitrogens with one attached hydrogen (secondary N) is 2. The number of anilines is 1. The number of nitrogens with zero attached hydrogens (tertiary/aromatic N) is 3. The molecule has 0 saturated carbocycles. The number of imide groups is 1. The number of hydrogen-bond acceptors (Lipinski definition) is 7. The van der Waals surface area contributed by atoms with Crippen LogP contribution in [-0.4, -0.2) is 52.9 Å². The van der Waals surface area contributed by atoms with Gasteiger partial charge in [0.2, 0.25) is 5.91 Å². The Hall–Kier alpha value is -4.73. The van der Waals surface area contributed by atoms with Crippen molar-refractivity contribution in [2.75, 3.05) is 12.0 Å². The van der Waals surface area contributed by atoms with E-state index in [0.717, 1.165) is 27.8 Å². The van der Waals surface area contributed by atoms with Gasteiger partial charge in [0.25, 0.3) is 0 Å². The maximum Gasteiger partial charge on any atom is 0.416 e. The van der Waals surface area contributed by atoms with Crippen molar-refractivity contribution in [3.8, 4) is 5.75 Å². The number of ether oxygens (including phenoxy) is 2. The predicted octanol–water partition coefficient (Wildman–Crippen LogP) is 5.52. The monoisotopic (exact) mass is 571 g/mol. The number of β-lactam (4-membered cyclic amide) rings is 1. The van der Waals surface area contributed by atoms with Gasteiger partial charge in [0.15, 0.2) is 0 Å². The Balaban J connectivity index is 1.50. The van der Waals surface area contributed by atoms with Crippen molar-refractivity contribution in [3.63, 3.8) is 0 Å². The van der Waals surface area contributed by atoms with Crippen LogP contribution in [0, 0.1) is 11.3 Å². The van der Waals surface area contributed by atoms with Gasteiger partial charge in [-0.05, 0) is 75.1 Å². The molecule has 0 radical (unpaired) electrons. The third kappa shape index (κ3) is 7.12. The highest BCUT2D eigenvalue weighted by molar-refractivity contribution is 6.06. The molecule has 0 spiro atoms. The van der Waals surface area contributed by atoms with Crippen LogP contribution in [0.5, 0.6) is 5.75 Å². The van der Waals surface area contributed by atoms with Crippen LogP contribution in [-0.2, 0) is 22.5 Å². The maximum absolute atomic E-state index is 13.3. The molecule has 42 heavy (non-hydrogen) atoms. The Morgan fingerprint density at radius 1 is 1.10 bits per heavy atom. The molecule has 10 heteroatoms. The van der Waals surface area contributed by atoms with Gasteiger partial charge < -0.3 is 20.2 Å². The molecule has 220 valence electrons. The zero-order chi connectivity index (χ0) is 30.4. The van der Waals surface area contributed by atoms with Crippen molar-refractivity contribution in [2.45, 2.75) is 58.3 Å². The summed E-state index contributed by atoms with van der Waals surface area (Å²) >= 11 is 0. The second kappa shape index (κ2) is 12.8. The highest BCUT2D eigenvalue weighted by atomic mass is 16.6. The van der Waals surface area contributed by atoms with Crippen LogP contribution in [0.25, 0.3) is 0 Å². The van der Waals surface area contributed by atoms with Crippen LogP contribution in [0.15, 0.2) is 72.9 Å². The third-order valence-corrected chi connectivity index (χ3v) is 6.95. The Labute approximate surface area is 246 Å². The van der Waals surface area contributed by atoms with Crippen LogP contribution in [0.1, 0.15) is 50.4 Å². The van der Waals surface area contributed by atoms with E-state index in [1.807, 2.05) is 61.5 Å². The van der Waals surface area contributed by atoms with E-state index in [1.54, 1.807) is 46.2 Å². The molecule has 0 bridgehead atoms. The minimum atomic E-state index is -0.718. The zero-order valence-electron chi connectivity index (χ0n) is 24.5. The SMILES string of the molecule is COc1ccc(CN(C(=O)OC(C)(C)C)c2cc(CC3C(=O)N(C(=O)N[C@H](C)c4ccccc4)[C@@H]3C=N)ccn2)cc1. The molecule has 3 aromatic rings. The van der Waals surface area contributed by atoms with Gasteiger partial charge in [0.05, 0.1) is 31.7 Å². The number of pyridine rings is 1. The van der Waals surface area contributed by atoms with E-state index in [0.29, 0.717) is 11.6 Å². The molecule has 4 amide bonds. The molecule has 1 fully saturated rings. The normalized spacial score (nSPS) is 17.1. The Morgan fingerprint density at radius 3 is 2.40 bits per heavy atom. The van der Waals surface area contributed by atoms with Crippen LogP contribution in [0.4, 0.5) is 15.4 Å². The fraction of sp³-hybridized carbons (Fsp3) is 0.344. The van der Waals surface area contributed by atoms with Crippen LogP contribution < -0.4 is 15.0 Å². The lowest BCUT2D eigenvalue weighted by Gasteiger charge is -2.43. The number of carbonyl (C=O) groups is 3. The highest BCUT2D eigenvalue weighted by Crippen LogP contribution is 2.31. The summed E-state index contributed by atoms with van der Waals surface area (Å²) in [6.07, 6.45) is 2.41. The first-order valence-electron chi connectivity index (χ1n) is 13.8. The van der Waals surface area contributed by atoms with Gasteiger partial charge in [-0.25, -0.2) is 14.6 Å². The van der Waals surface area contributed by atoms with Crippen molar-refractivity contribution in [1.29, 1.82) is 5.41 Å². The van der Waals surface area contributed by atoms with E-state index in [9.17, 15) is 14.4 Å². The summed E-state index contributed by atoms with van der Waals surface area (Å²) in [7, 11) is 1.59. The van der Waals surface area contributed by atoms with E-state index in [2.05, 4.69) is 10.3 Å². The standard InChI is InChI=1S/C32H37N5O5/c1-21(24-9-7-6-8-10-24)35-30(39)37-27(19-33)26(29(37)38)17-23-15-16-34-28(18-23)36(31(40)42-32(2,3)4)20-22-11-13-25(41-5)14-12-22/h6-16,18-19,21,26-27,33H,17,20H2,1-5H3,(H,35,39)/t21-,26?,27-/m1/s1. The Morgan fingerprint density at radius 2 is 1.79 bits per heavy atom. The van der Waals surface area contributed by atoms with Gasteiger partial charge in [-0.15, -0.1) is 0 Å². The average molecular weight is 572 g/mol. The van der Waals surface area contributed by atoms with Gasteiger partial charge in [-0.3, -0.25) is 14.6 Å². The van der Waals surface area contributed by atoms with Gasteiger partial charge in [0.1, 0.15) is 17.2 Å². The zero-order valence-corrected chi connectivity index (χ0v) is 24.5. The van der Waals surface area contributed by atoms with Crippen molar-refractivity contribution in [1.82, 2.24) is 15.2 Å². The summed E-state index contributed by atoms with van der Waals surface area (Å²) in [4.78, 5) is 46.3. The number of urea groups is 1. The quantitative estimate of drug-likeness (QED) is 0.257. The lowest BCUT2D eigenvalue weighted by atomic mass is 9.83. The molecule has 2 heterocycles. The molecular formula is C32H37N5O5. The average Bonchev–Trinajstić information content (AvgIpc) is 2.97. The Bertz CT molecular complexity index is 1420. The summed E-state index contributed by atoms with van der Waals surface area (Å²) in [5.74, 6) is 0.113. The van der Waals surface area contributed by atoms with Gasteiger partial charge in [-0.2, -0.15) is 0 Å². The van der Waals surface area contributed by atoms with E-state index < -0.39 is 29.7 Å². The van der Waals surface area contributed by atoms with Gasteiger partial charge in [-0.1, -0.05) is 42.5 Å². The minimum Gasteiger partial charge on any atom is -0.497 e. The topological polar surface area (TPSA) is 125 Å². The molecule has 1 aromatic heterocycles. The first-order valence-corrected chi connectivity index (χ1v) is 13.8. The highest BCUT2D eigenvalue weighted by Gasteiger charge is 2.49. The lowest BCUT2D eigenvalue weighted by molar-refractivity contribution is -0.145. The van der Waals surface area contributed by atoms with E-state index in [-0.39, 0.29) is 24.9 Å². The van der Waals surface area contributed by atoms with E-state index >= 15 is 0 Å².